The molecule has 0 aliphatic rings. The van der Waals surface area contributed by atoms with Gasteiger partial charge in [0.25, 0.3) is 5.91 Å². The van der Waals surface area contributed by atoms with Crippen LogP contribution in [0.25, 0.3) is 0 Å². The minimum absolute atomic E-state index is 0.288. The highest BCUT2D eigenvalue weighted by atomic mass is 35.5. The summed E-state index contributed by atoms with van der Waals surface area (Å²) in [7, 11) is 1.64. The van der Waals surface area contributed by atoms with Crippen molar-refractivity contribution in [3.63, 3.8) is 0 Å². The second-order valence-corrected chi connectivity index (χ2v) is 4.35. The molecule has 0 aromatic heterocycles. The van der Waals surface area contributed by atoms with E-state index in [1.165, 1.54) is 0 Å². The fraction of sp³-hybridized carbons (Fsp3) is 0.333. The zero-order valence-corrected chi connectivity index (χ0v) is 11.6. The number of amides is 1. The number of carbonyl (C=O) groups excluding carboxylic acids is 1. The second-order valence-electron chi connectivity index (χ2n) is 3.54. The molecule has 1 rings (SSSR count). The average Bonchev–Trinajstić information content (AvgIpc) is 2.35. The van der Waals surface area contributed by atoms with E-state index in [0.717, 1.165) is 6.42 Å². The maximum Gasteiger partial charge on any atom is 0.258 e. The fourth-order valence-electron chi connectivity index (χ4n) is 1.28. The summed E-state index contributed by atoms with van der Waals surface area (Å²) in [5.41, 5.74) is 0.403. The third-order valence-corrected chi connectivity index (χ3v) is 2.73. The minimum Gasteiger partial charge on any atom is -0.385 e. The third kappa shape index (κ3) is 5.00. The molecular weight excluding hydrogens is 272 g/mol. The van der Waals surface area contributed by atoms with Crippen LogP contribution in [0.5, 0.6) is 0 Å². The van der Waals surface area contributed by atoms with Gasteiger partial charge in [-0.2, -0.15) is 0 Å². The maximum atomic E-state index is 11.8. The molecule has 6 heteroatoms. The quantitative estimate of drug-likeness (QED) is 0.642. The Bertz CT molecular complexity index is 426. The van der Waals surface area contributed by atoms with Gasteiger partial charge in [-0.1, -0.05) is 23.7 Å². The minimum atomic E-state index is -0.315. The zero-order valence-electron chi connectivity index (χ0n) is 10.0. The molecule has 0 unspecified atom stereocenters. The smallest absolute Gasteiger partial charge is 0.258 e. The third-order valence-electron chi connectivity index (χ3n) is 2.16. The lowest BCUT2D eigenvalue weighted by atomic mass is 10.2. The van der Waals surface area contributed by atoms with Crippen LogP contribution in [0.15, 0.2) is 24.3 Å². The molecule has 2 N–H and O–H groups in total. The van der Waals surface area contributed by atoms with Crippen LogP contribution in [0, 0.1) is 0 Å². The highest BCUT2D eigenvalue weighted by Crippen LogP contribution is 2.14. The second kappa shape index (κ2) is 8.02. The lowest BCUT2D eigenvalue weighted by molar-refractivity contribution is 0.0977. The molecule has 0 radical (unpaired) electrons. The summed E-state index contributed by atoms with van der Waals surface area (Å²) in [6, 6.07) is 6.81. The largest absolute Gasteiger partial charge is 0.385 e. The molecule has 4 nitrogen and oxygen atoms in total. The van der Waals surface area contributed by atoms with Gasteiger partial charge < -0.3 is 10.1 Å². The summed E-state index contributed by atoms with van der Waals surface area (Å²) >= 11 is 10.9. The number of halogens is 1. The molecule has 0 saturated heterocycles. The topological polar surface area (TPSA) is 50.4 Å². The predicted octanol–water partition coefficient (Wildman–Crippen LogP) is 1.98. The molecule has 1 aromatic carbocycles. The summed E-state index contributed by atoms with van der Waals surface area (Å²) < 4.78 is 4.90. The van der Waals surface area contributed by atoms with Crippen LogP contribution in [0.4, 0.5) is 0 Å². The normalized spacial score (nSPS) is 9.89. The number of ether oxygens (including phenoxy) is 1. The summed E-state index contributed by atoms with van der Waals surface area (Å²) in [5, 5.41) is 6.17. The van der Waals surface area contributed by atoms with Gasteiger partial charge in [-0.25, -0.2) is 0 Å². The Balaban J connectivity index is 2.41. The van der Waals surface area contributed by atoms with E-state index >= 15 is 0 Å². The van der Waals surface area contributed by atoms with Gasteiger partial charge in [0.2, 0.25) is 0 Å². The molecule has 1 aromatic rings. The monoisotopic (exact) mass is 286 g/mol. The highest BCUT2D eigenvalue weighted by Gasteiger charge is 2.10. The Morgan fingerprint density at radius 2 is 2.17 bits per heavy atom. The Hall–Kier alpha value is -1.17. The molecule has 0 bridgehead atoms. The summed E-state index contributed by atoms with van der Waals surface area (Å²) in [5.74, 6) is -0.315. The highest BCUT2D eigenvalue weighted by molar-refractivity contribution is 7.80. The zero-order chi connectivity index (χ0) is 13.4. The van der Waals surface area contributed by atoms with E-state index in [0.29, 0.717) is 23.7 Å². The van der Waals surface area contributed by atoms with Crippen molar-refractivity contribution < 1.29 is 9.53 Å². The molecule has 1 amide bonds. The number of nitrogens with one attached hydrogen (secondary N) is 2. The van der Waals surface area contributed by atoms with E-state index in [9.17, 15) is 4.79 Å². The molecule has 18 heavy (non-hydrogen) atoms. The van der Waals surface area contributed by atoms with Crippen LogP contribution in [0.3, 0.4) is 0 Å². The fourth-order valence-corrected chi connectivity index (χ4v) is 1.69. The first-order chi connectivity index (χ1) is 8.65. The van der Waals surface area contributed by atoms with Gasteiger partial charge in [0.05, 0.1) is 10.6 Å². The summed E-state index contributed by atoms with van der Waals surface area (Å²) in [6.07, 6.45) is 0.818. The summed E-state index contributed by atoms with van der Waals surface area (Å²) in [6.45, 7) is 1.30. The Kier molecular flexibility index (Phi) is 6.64. The van der Waals surface area contributed by atoms with Crippen LogP contribution in [-0.2, 0) is 4.74 Å². The first-order valence-electron chi connectivity index (χ1n) is 5.48. The van der Waals surface area contributed by atoms with Gasteiger partial charge >= 0.3 is 0 Å². The lowest BCUT2D eigenvalue weighted by Crippen LogP contribution is -2.39. The van der Waals surface area contributed by atoms with Gasteiger partial charge in [0.15, 0.2) is 5.11 Å². The molecule has 0 spiro atoms. The van der Waals surface area contributed by atoms with Crippen molar-refractivity contribution in [3.8, 4) is 0 Å². The van der Waals surface area contributed by atoms with Gasteiger partial charge in [-0.3, -0.25) is 10.1 Å². The number of rotatable bonds is 5. The van der Waals surface area contributed by atoms with Crippen molar-refractivity contribution in [2.24, 2.45) is 0 Å². The van der Waals surface area contributed by atoms with Crippen molar-refractivity contribution in [1.82, 2.24) is 10.6 Å². The van der Waals surface area contributed by atoms with Crippen LogP contribution in [0.2, 0.25) is 5.02 Å². The van der Waals surface area contributed by atoms with Gasteiger partial charge in [0.1, 0.15) is 0 Å². The molecule has 0 fully saturated rings. The Labute approximate surface area is 117 Å². The lowest BCUT2D eigenvalue weighted by Gasteiger charge is -2.09. The van der Waals surface area contributed by atoms with E-state index in [2.05, 4.69) is 10.6 Å². The average molecular weight is 287 g/mol. The number of carbonyl (C=O) groups is 1. The maximum absolute atomic E-state index is 11.8. The van der Waals surface area contributed by atoms with Gasteiger partial charge in [0, 0.05) is 20.3 Å². The van der Waals surface area contributed by atoms with E-state index < -0.39 is 0 Å². The number of hydrogen-bond acceptors (Lipinski definition) is 3. The molecular formula is C12H15ClN2O2S. The van der Waals surface area contributed by atoms with Crippen molar-refractivity contribution in [3.05, 3.63) is 34.9 Å². The van der Waals surface area contributed by atoms with Crippen LogP contribution < -0.4 is 10.6 Å². The standard InChI is InChI=1S/C12H15ClN2O2S/c1-17-8-4-7-14-12(18)15-11(16)9-5-2-3-6-10(9)13/h2-3,5-6H,4,7-8H2,1H3,(H2,14,15,16,18). The molecule has 0 aliphatic carbocycles. The van der Waals surface area contributed by atoms with E-state index in [1.54, 1.807) is 31.4 Å². The number of thiocarbonyl (C=S) groups is 1. The first kappa shape index (κ1) is 14.9. The molecule has 98 valence electrons. The van der Waals surface area contributed by atoms with Crippen LogP contribution >= 0.6 is 23.8 Å². The van der Waals surface area contributed by atoms with Crippen molar-refractivity contribution >= 4 is 34.8 Å². The Morgan fingerprint density at radius 1 is 1.44 bits per heavy atom. The van der Waals surface area contributed by atoms with Gasteiger partial charge in [-0.15, -0.1) is 0 Å². The van der Waals surface area contributed by atoms with E-state index in [1.807, 2.05) is 0 Å². The van der Waals surface area contributed by atoms with Crippen molar-refractivity contribution in [2.75, 3.05) is 20.3 Å². The molecule has 0 saturated carbocycles. The SMILES string of the molecule is COCCCNC(=S)NC(=O)c1ccccc1Cl. The van der Waals surface area contributed by atoms with Crippen molar-refractivity contribution in [2.45, 2.75) is 6.42 Å². The van der Waals surface area contributed by atoms with Crippen molar-refractivity contribution in [1.29, 1.82) is 0 Å². The van der Waals surface area contributed by atoms with E-state index in [4.69, 9.17) is 28.6 Å². The molecule has 0 aliphatic heterocycles. The van der Waals surface area contributed by atoms with Crippen LogP contribution in [-0.4, -0.2) is 31.3 Å². The molecule has 0 atom stereocenters. The number of methoxy groups -OCH3 is 1. The van der Waals surface area contributed by atoms with Crippen LogP contribution in [0.1, 0.15) is 16.8 Å². The number of hydrogen-bond donors (Lipinski definition) is 2. The predicted molar refractivity (Wildman–Crippen MR) is 76.0 cm³/mol. The Morgan fingerprint density at radius 3 is 2.83 bits per heavy atom. The summed E-state index contributed by atoms with van der Waals surface area (Å²) in [4.78, 5) is 11.8. The first-order valence-corrected chi connectivity index (χ1v) is 6.26. The molecule has 0 heterocycles. The van der Waals surface area contributed by atoms with Gasteiger partial charge in [-0.05, 0) is 30.8 Å². The number of benzene rings is 1. The van der Waals surface area contributed by atoms with E-state index in [-0.39, 0.29) is 11.0 Å².